The zero-order valence-corrected chi connectivity index (χ0v) is 22.4. The third-order valence-electron chi connectivity index (χ3n) is 7.14. The maximum atomic E-state index is 11.8. The molecule has 10 nitrogen and oxygen atoms in total. The number of rotatable bonds is 7. The van der Waals surface area contributed by atoms with Crippen LogP contribution in [0.5, 0.6) is 0 Å². The zero-order chi connectivity index (χ0) is 27.5. The van der Waals surface area contributed by atoms with Crippen molar-refractivity contribution in [3.8, 4) is 17.3 Å². The highest BCUT2D eigenvalue weighted by Gasteiger charge is 2.26. The SMILES string of the molecule is N#Cc1cc(CNCC2CCN(c3nccc(/C=C4\SC(=O)NC4=O)n3)CC2)cnc1-c1ccc2[nH]ccc2c1. The lowest BCUT2D eigenvalue weighted by molar-refractivity contribution is -0.115. The number of nitrogens with one attached hydrogen (secondary N) is 3. The summed E-state index contributed by atoms with van der Waals surface area (Å²) in [6.45, 7) is 3.18. The van der Waals surface area contributed by atoms with Gasteiger partial charge >= 0.3 is 0 Å². The molecule has 3 aromatic heterocycles. The van der Waals surface area contributed by atoms with Crippen LogP contribution in [0.4, 0.5) is 10.7 Å². The van der Waals surface area contributed by atoms with E-state index in [1.165, 1.54) is 0 Å². The molecule has 4 aromatic rings. The van der Waals surface area contributed by atoms with E-state index in [1.54, 1.807) is 18.3 Å². The molecule has 2 aliphatic heterocycles. The number of pyridine rings is 1. The van der Waals surface area contributed by atoms with Crippen LogP contribution in [-0.4, -0.2) is 50.7 Å². The van der Waals surface area contributed by atoms with Gasteiger partial charge in [0.2, 0.25) is 5.95 Å². The molecule has 0 radical (unpaired) electrons. The second kappa shape index (κ2) is 11.3. The molecule has 200 valence electrons. The summed E-state index contributed by atoms with van der Waals surface area (Å²) < 4.78 is 0. The summed E-state index contributed by atoms with van der Waals surface area (Å²) in [5.74, 6) is 0.747. The molecule has 0 atom stereocenters. The second-order valence-corrected chi connectivity index (χ2v) is 10.8. The van der Waals surface area contributed by atoms with Crippen LogP contribution in [0, 0.1) is 17.2 Å². The number of H-pyrrole nitrogens is 1. The number of hydrogen-bond acceptors (Lipinski definition) is 9. The van der Waals surface area contributed by atoms with Gasteiger partial charge in [-0.3, -0.25) is 19.9 Å². The fraction of sp³-hybridized carbons (Fsp3) is 0.241. The number of piperidine rings is 1. The molecule has 2 amide bonds. The lowest BCUT2D eigenvalue weighted by Crippen LogP contribution is -2.38. The van der Waals surface area contributed by atoms with Gasteiger partial charge in [-0.2, -0.15) is 5.26 Å². The quantitative estimate of drug-likeness (QED) is 0.289. The summed E-state index contributed by atoms with van der Waals surface area (Å²) in [5.41, 5.74) is 4.83. The lowest BCUT2D eigenvalue weighted by atomic mass is 9.97. The number of imide groups is 1. The molecule has 0 unspecified atom stereocenters. The number of nitriles is 1. The molecule has 11 heteroatoms. The smallest absolute Gasteiger partial charge is 0.290 e. The Labute approximate surface area is 234 Å². The predicted molar refractivity (Wildman–Crippen MR) is 154 cm³/mol. The average Bonchev–Trinajstić information content (AvgIpc) is 3.58. The Hall–Kier alpha value is -4.53. The molecule has 3 N–H and O–H groups in total. The Morgan fingerprint density at radius 2 is 2.02 bits per heavy atom. The fourth-order valence-corrected chi connectivity index (χ4v) is 5.70. The van der Waals surface area contributed by atoms with Gasteiger partial charge in [-0.1, -0.05) is 6.07 Å². The number of benzene rings is 1. The Morgan fingerprint density at radius 1 is 1.15 bits per heavy atom. The summed E-state index contributed by atoms with van der Waals surface area (Å²) >= 11 is 0.878. The summed E-state index contributed by atoms with van der Waals surface area (Å²) in [4.78, 5) is 42.5. The standard InChI is InChI=1S/C29H26N8O2S/c30-14-22-11-19(17-34-26(22)21-1-2-24-20(12-21)3-7-32-24)16-31-15-18-5-9-37(10-6-18)28-33-8-4-23(35-28)13-25-27(38)36-29(39)40-25/h1-4,7-8,11-13,17-18,31-32H,5-6,9-10,15-16H2,(H,36,38,39)/b25-13-. The van der Waals surface area contributed by atoms with Crippen LogP contribution in [0.15, 0.2) is 59.9 Å². The second-order valence-electron chi connectivity index (χ2n) is 9.83. The first kappa shape index (κ1) is 25.7. The monoisotopic (exact) mass is 550 g/mol. The Bertz CT molecular complexity index is 1670. The van der Waals surface area contributed by atoms with Gasteiger partial charge in [0.25, 0.3) is 11.1 Å². The van der Waals surface area contributed by atoms with E-state index >= 15 is 0 Å². The Balaban J connectivity index is 1.02. The van der Waals surface area contributed by atoms with Gasteiger partial charge in [0, 0.05) is 54.7 Å². The van der Waals surface area contributed by atoms with Gasteiger partial charge in [0.05, 0.1) is 21.9 Å². The number of thioether (sulfide) groups is 1. The number of hydrogen-bond donors (Lipinski definition) is 3. The van der Waals surface area contributed by atoms with Crippen LogP contribution in [0.25, 0.3) is 28.2 Å². The minimum Gasteiger partial charge on any atom is -0.361 e. The number of fused-ring (bicyclic) bond motifs is 1. The summed E-state index contributed by atoms with van der Waals surface area (Å²) in [7, 11) is 0. The molecular formula is C29H26N8O2S. The highest BCUT2D eigenvalue weighted by molar-refractivity contribution is 8.18. The Morgan fingerprint density at radius 3 is 2.83 bits per heavy atom. The molecule has 0 spiro atoms. The molecular weight excluding hydrogens is 524 g/mol. The molecule has 40 heavy (non-hydrogen) atoms. The van der Waals surface area contributed by atoms with Crippen molar-refractivity contribution in [2.75, 3.05) is 24.5 Å². The molecule has 2 saturated heterocycles. The number of carbonyl (C=O) groups is 2. The normalized spacial score (nSPS) is 17.0. The first-order valence-corrected chi connectivity index (χ1v) is 13.9. The van der Waals surface area contributed by atoms with Crippen molar-refractivity contribution in [2.45, 2.75) is 19.4 Å². The van der Waals surface area contributed by atoms with Gasteiger partial charge in [0.1, 0.15) is 6.07 Å². The van der Waals surface area contributed by atoms with Crippen molar-refractivity contribution in [1.82, 2.24) is 30.6 Å². The lowest BCUT2D eigenvalue weighted by Gasteiger charge is -2.32. The fourth-order valence-electron chi connectivity index (χ4n) is 5.03. The van der Waals surface area contributed by atoms with Crippen LogP contribution in [0.3, 0.4) is 0 Å². The number of amides is 2. The summed E-state index contributed by atoms with van der Waals surface area (Å²) in [6.07, 6.45) is 9.03. The van der Waals surface area contributed by atoms with E-state index in [2.05, 4.69) is 41.5 Å². The maximum absolute atomic E-state index is 11.8. The van der Waals surface area contributed by atoms with Crippen LogP contribution < -0.4 is 15.5 Å². The molecule has 2 fully saturated rings. The van der Waals surface area contributed by atoms with E-state index in [4.69, 9.17) is 0 Å². The van der Waals surface area contributed by atoms with Crippen molar-refractivity contribution >= 4 is 45.8 Å². The van der Waals surface area contributed by atoms with E-state index in [9.17, 15) is 14.9 Å². The number of carbonyl (C=O) groups excluding carboxylic acids is 2. The largest absolute Gasteiger partial charge is 0.361 e. The molecule has 6 rings (SSSR count). The number of aromatic nitrogens is 4. The minimum absolute atomic E-state index is 0.337. The van der Waals surface area contributed by atoms with Crippen LogP contribution in [0.2, 0.25) is 0 Å². The maximum Gasteiger partial charge on any atom is 0.290 e. The topological polar surface area (TPSA) is 140 Å². The molecule has 0 aliphatic carbocycles. The van der Waals surface area contributed by atoms with Crippen LogP contribution in [0.1, 0.15) is 29.7 Å². The summed E-state index contributed by atoms with van der Waals surface area (Å²) in [5, 5.41) is 16.3. The highest BCUT2D eigenvalue weighted by Crippen LogP contribution is 2.27. The van der Waals surface area contributed by atoms with E-state index in [-0.39, 0.29) is 5.24 Å². The van der Waals surface area contributed by atoms with Crippen molar-refractivity contribution in [2.24, 2.45) is 5.92 Å². The number of nitrogens with zero attached hydrogens (tertiary/aromatic N) is 5. The molecule has 5 heterocycles. The van der Waals surface area contributed by atoms with Crippen LogP contribution >= 0.6 is 11.8 Å². The Kier molecular flexibility index (Phi) is 7.27. The molecule has 0 saturated carbocycles. The number of aromatic amines is 1. The van der Waals surface area contributed by atoms with Crippen LogP contribution in [-0.2, 0) is 11.3 Å². The van der Waals surface area contributed by atoms with Crippen molar-refractivity contribution in [3.05, 3.63) is 76.7 Å². The van der Waals surface area contributed by atoms with E-state index in [0.29, 0.717) is 40.3 Å². The highest BCUT2D eigenvalue weighted by atomic mass is 32.2. The van der Waals surface area contributed by atoms with Gasteiger partial charge in [0.15, 0.2) is 0 Å². The van der Waals surface area contributed by atoms with E-state index in [0.717, 1.165) is 66.3 Å². The predicted octanol–water partition coefficient (Wildman–Crippen LogP) is 4.22. The first-order chi connectivity index (χ1) is 19.6. The number of anilines is 1. The van der Waals surface area contributed by atoms with E-state index in [1.807, 2.05) is 42.7 Å². The van der Waals surface area contributed by atoms with Gasteiger partial charge in [-0.25, -0.2) is 9.97 Å². The van der Waals surface area contributed by atoms with Crippen molar-refractivity contribution in [1.29, 1.82) is 5.26 Å². The molecule has 2 aliphatic rings. The van der Waals surface area contributed by atoms with Gasteiger partial charge < -0.3 is 15.2 Å². The summed E-state index contributed by atoms with van der Waals surface area (Å²) in [6, 6.07) is 14.0. The van der Waals surface area contributed by atoms with Gasteiger partial charge in [-0.05, 0) is 79.0 Å². The molecule has 1 aromatic carbocycles. The molecule has 0 bridgehead atoms. The zero-order valence-electron chi connectivity index (χ0n) is 21.6. The third-order valence-corrected chi connectivity index (χ3v) is 7.95. The van der Waals surface area contributed by atoms with Crippen molar-refractivity contribution in [3.63, 3.8) is 0 Å². The van der Waals surface area contributed by atoms with E-state index < -0.39 is 5.91 Å². The third kappa shape index (κ3) is 5.59. The minimum atomic E-state index is -0.395. The average molecular weight is 551 g/mol. The van der Waals surface area contributed by atoms with Gasteiger partial charge in [-0.15, -0.1) is 0 Å². The van der Waals surface area contributed by atoms with Crippen molar-refractivity contribution < 1.29 is 9.59 Å². The first-order valence-electron chi connectivity index (χ1n) is 13.1.